The lowest BCUT2D eigenvalue weighted by atomic mass is 10.1. The summed E-state index contributed by atoms with van der Waals surface area (Å²) >= 11 is 0. The first-order chi connectivity index (χ1) is 12.4. The molecule has 0 aliphatic rings. The average molecular weight is 358 g/mol. The van der Waals surface area contributed by atoms with Gasteiger partial charge in [0.2, 0.25) is 0 Å². The number of ether oxygens (including phenoxy) is 2. The van der Waals surface area contributed by atoms with E-state index in [1.165, 1.54) is 18.2 Å². The molecule has 0 saturated carbocycles. The second kappa shape index (κ2) is 8.96. The third-order valence-corrected chi connectivity index (χ3v) is 3.92. The molecule has 7 heteroatoms. The maximum Gasteiger partial charge on any atom is 0.338 e. The van der Waals surface area contributed by atoms with Gasteiger partial charge in [-0.05, 0) is 37.1 Å². The number of nitrogens with zero attached hydrogens (tertiary/aromatic N) is 1. The molecule has 0 atom stereocenters. The van der Waals surface area contributed by atoms with Crippen molar-refractivity contribution < 1.29 is 19.2 Å². The lowest BCUT2D eigenvalue weighted by Gasteiger charge is -2.10. The number of nitrogens with one attached hydrogen (secondary N) is 1. The molecule has 7 nitrogen and oxygen atoms in total. The van der Waals surface area contributed by atoms with Crippen molar-refractivity contribution in [2.75, 3.05) is 25.6 Å². The Bertz CT molecular complexity index is 805. The molecule has 0 unspecified atom stereocenters. The van der Waals surface area contributed by atoms with E-state index in [0.717, 1.165) is 16.7 Å². The normalized spacial score (nSPS) is 10.4. The number of hydrogen-bond acceptors (Lipinski definition) is 6. The molecule has 138 valence electrons. The number of carbonyl (C=O) groups excluding carboxylic acids is 1. The standard InChI is InChI=1S/C19H22N2O5/c1-13-4-5-14(2)16(10-13)12-26-19(22)15-6-7-17(20-8-9-25-3)18(11-15)21(23)24/h4-7,10-11,20H,8-9,12H2,1-3H3. The van der Waals surface area contributed by atoms with Gasteiger partial charge in [0.25, 0.3) is 5.69 Å². The van der Waals surface area contributed by atoms with E-state index in [0.29, 0.717) is 18.8 Å². The minimum absolute atomic E-state index is 0.119. The first-order valence-corrected chi connectivity index (χ1v) is 8.17. The predicted molar refractivity (Wildman–Crippen MR) is 98.5 cm³/mol. The minimum atomic E-state index is -0.600. The van der Waals surface area contributed by atoms with E-state index in [1.54, 1.807) is 7.11 Å². The first-order valence-electron chi connectivity index (χ1n) is 8.17. The van der Waals surface area contributed by atoms with Gasteiger partial charge in [-0.2, -0.15) is 0 Å². The molecule has 0 saturated heterocycles. The Balaban J connectivity index is 2.11. The van der Waals surface area contributed by atoms with Crippen LogP contribution in [0.1, 0.15) is 27.0 Å². The first kappa shape index (κ1) is 19.4. The number of carbonyl (C=O) groups is 1. The Hall–Kier alpha value is -2.93. The molecule has 0 heterocycles. The van der Waals surface area contributed by atoms with Gasteiger partial charge >= 0.3 is 5.97 Å². The van der Waals surface area contributed by atoms with E-state index >= 15 is 0 Å². The summed E-state index contributed by atoms with van der Waals surface area (Å²) in [6.07, 6.45) is 0. The van der Waals surface area contributed by atoms with Gasteiger partial charge in [0, 0.05) is 19.7 Å². The smallest absolute Gasteiger partial charge is 0.338 e. The average Bonchev–Trinajstić information content (AvgIpc) is 2.62. The molecule has 2 aromatic rings. The fourth-order valence-electron chi connectivity index (χ4n) is 2.43. The fraction of sp³-hybridized carbons (Fsp3) is 0.316. The highest BCUT2D eigenvalue weighted by Gasteiger charge is 2.18. The molecule has 0 aromatic heterocycles. The molecular weight excluding hydrogens is 336 g/mol. The lowest BCUT2D eigenvalue weighted by molar-refractivity contribution is -0.384. The summed E-state index contributed by atoms with van der Waals surface area (Å²) in [5.74, 6) is -0.600. The summed E-state index contributed by atoms with van der Waals surface area (Å²) in [5, 5.41) is 14.2. The van der Waals surface area contributed by atoms with Gasteiger partial charge in [-0.15, -0.1) is 0 Å². The topological polar surface area (TPSA) is 90.7 Å². The van der Waals surface area contributed by atoms with E-state index in [1.807, 2.05) is 32.0 Å². The number of methoxy groups -OCH3 is 1. The third kappa shape index (κ3) is 5.03. The van der Waals surface area contributed by atoms with Gasteiger partial charge in [-0.1, -0.05) is 23.8 Å². The molecule has 0 radical (unpaired) electrons. The van der Waals surface area contributed by atoms with Crippen LogP contribution in [0.2, 0.25) is 0 Å². The number of nitro benzene ring substituents is 1. The summed E-state index contributed by atoms with van der Waals surface area (Å²) in [6, 6.07) is 10.1. The van der Waals surface area contributed by atoms with Gasteiger partial charge in [-0.25, -0.2) is 4.79 Å². The largest absolute Gasteiger partial charge is 0.457 e. The van der Waals surface area contributed by atoms with Crippen LogP contribution in [0.5, 0.6) is 0 Å². The highest BCUT2D eigenvalue weighted by molar-refractivity contribution is 5.91. The summed E-state index contributed by atoms with van der Waals surface area (Å²) in [7, 11) is 1.55. The molecule has 0 aliphatic heterocycles. The zero-order valence-electron chi connectivity index (χ0n) is 15.1. The zero-order chi connectivity index (χ0) is 19.1. The van der Waals surface area contributed by atoms with Gasteiger partial charge in [0.05, 0.1) is 17.1 Å². The van der Waals surface area contributed by atoms with Crippen molar-refractivity contribution in [2.45, 2.75) is 20.5 Å². The third-order valence-electron chi connectivity index (χ3n) is 3.92. The second-order valence-corrected chi connectivity index (χ2v) is 5.91. The van der Waals surface area contributed by atoms with Crippen LogP contribution in [-0.2, 0) is 16.1 Å². The van der Waals surface area contributed by atoms with Gasteiger partial charge in [0.1, 0.15) is 12.3 Å². The summed E-state index contributed by atoms with van der Waals surface area (Å²) in [6.45, 7) is 4.86. The van der Waals surface area contributed by atoms with Crippen LogP contribution < -0.4 is 5.32 Å². The Morgan fingerprint density at radius 1 is 1.19 bits per heavy atom. The van der Waals surface area contributed by atoms with Crippen molar-refractivity contribution in [2.24, 2.45) is 0 Å². The van der Waals surface area contributed by atoms with Crippen molar-refractivity contribution in [3.05, 3.63) is 68.8 Å². The van der Waals surface area contributed by atoms with Crippen LogP contribution in [0.3, 0.4) is 0 Å². The lowest BCUT2D eigenvalue weighted by Crippen LogP contribution is -2.11. The van der Waals surface area contributed by atoms with Gasteiger partial charge in [-0.3, -0.25) is 10.1 Å². The number of benzene rings is 2. The quantitative estimate of drug-likeness (QED) is 0.335. The molecule has 0 amide bonds. The number of esters is 1. The molecule has 0 spiro atoms. The highest BCUT2D eigenvalue weighted by Crippen LogP contribution is 2.26. The van der Waals surface area contributed by atoms with Crippen molar-refractivity contribution in [1.29, 1.82) is 0 Å². The van der Waals surface area contributed by atoms with Crippen molar-refractivity contribution in [1.82, 2.24) is 0 Å². The number of rotatable bonds is 8. The van der Waals surface area contributed by atoms with E-state index < -0.39 is 10.9 Å². The van der Waals surface area contributed by atoms with Gasteiger partial charge in [0.15, 0.2) is 0 Å². The van der Waals surface area contributed by atoms with Crippen LogP contribution in [0.4, 0.5) is 11.4 Å². The fourth-order valence-corrected chi connectivity index (χ4v) is 2.43. The molecule has 26 heavy (non-hydrogen) atoms. The maximum absolute atomic E-state index is 12.3. The van der Waals surface area contributed by atoms with E-state index in [9.17, 15) is 14.9 Å². The number of aryl methyl sites for hydroxylation is 2. The highest BCUT2D eigenvalue weighted by atomic mass is 16.6. The number of hydrogen-bond donors (Lipinski definition) is 1. The Labute approximate surface area is 152 Å². The summed E-state index contributed by atoms with van der Waals surface area (Å²) in [4.78, 5) is 23.0. The molecule has 0 fully saturated rings. The van der Waals surface area contributed by atoms with Crippen molar-refractivity contribution in [3.63, 3.8) is 0 Å². The zero-order valence-corrected chi connectivity index (χ0v) is 15.1. The molecular formula is C19H22N2O5. The predicted octanol–water partition coefficient (Wildman–Crippen LogP) is 3.63. The minimum Gasteiger partial charge on any atom is -0.457 e. The van der Waals surface area contributed by atoms with Crippen LogP contribution in [0, 0.1) is 24.0 Å². The van der Waals surface area contributed by atoms with Gasteiger partial charge < -0.3 is 14.8 Å². The van der Waals surface area contributed by atoms with Crippen LogP contribution in [-0.4, -0.2) is 31.2 Å². The molecule has 2 rings (SSSR count). The SMILES string of the molecule is COCCNc1ccc(C(=O)OCc2cc(C)ccc2C)cc1[N+](=O)[O-]. The van der Waals surface area contributed by atoms with Crippen LogP contribution in [0.15, 0.2) is 36.4 Å². The van der Waals surface area contributed by atoms with E-state index in [2.05, 4.69) is 5.32 Å². The van der Waals surface area contributed by atoms with Crippen LogP contribution in [0.25, 0.3) is 0 Å². The van der Waals surface area contributed by atoms with E-state index in [-0.39, 0.29) is 17.9 Å². The maximum atomic E-state index is 12.3. The molecule has 2 aromatic carbocycles. The van der Waals surface area contributed by atoms with Crippen molar-refractivity contribution in [3.8, 4) is 0 Å². The number of anilines is 1. The Kier molecular flexibility index (Phi) is 6.68. The Morgan fingerprint density at radius 3 is 2.65 bits per heavy atom. The van der Waals surface area contributed by atoms with E-state index in [4.69, 9.17) is 9.47 Å². The second-order valence-electron chi connectivity index (χ2n) is 5.91. The summed E-state index contributed by atoms with van der Waals surface area (Å²) < 4.78 is 10.2. The van der Waals surface area contributed by atoms with Crippen molar-refractivity contribution >= 4 is 17.3 Å². The molecule has 0 aliphatic carbocycles. The summed E-state index contributed by atoms with van der Waals surface area (Å²) in [5.41, 5.74) is 3.29. The number of nitro groups is 1. The molecule has 1 N–H and O–H groups in total. The van der Waals surface area contributed by atoms with Crippen LogP contribution >= 0.6 is 0 Å². The monoisotopic (exact) mass is 358 g/mol. The Morgan fingerprint density at radius 2 is 1.96 bits per heavy atom. The molecule has 0 bridgehead atoms.